The Morgan fingerprint density at radius 3 is 2.65 bits per heavy atom. The number of guanidine groups is 1. The predicted octanol–water partition coefficient (Wildman–Crippen LogP) is 3.10. The maximum atomic E-state index is 13.8. The van der Waals surface area contributed by atoms with Gasteiger partial charge in [-0.25, -0.2) is 4.39 Å². The summed E-state index contributed by atoms with van der Waals surface area (Å²) in [6.07, 6.45) is -2.72. The lowest BCUT2D eigenvalue weighted by molar-refractivity contribution is -0.143. The number of likely N-dealkylation sites (tertiary alicyclic amines) is 1. The van der Waals surface area contributed by atoms with Crippen LogP contribution < -0.4 is 10.6 Å². The lowest BCUT2D eigenvalue weighted by Gasteiger charge is -2.20. The number of nitrogens with one attached hydrogen (secondary N) is 2. The molecule has 0 bridgehead atoms. The van der Waals surface area contributed by atoms with E-state index in [2.05, 4.69) is 15.6 Å². The topological polar surface area (TPSA) is 39.7 Å². The molecule has 3 unspecified atom stereocenters. The molecule has 3 atom stereocenters. The molecule has 146 valence electrons. The Morgan fingerprint density at radius 2 is 2.00 bits per heavy atom. The number of hydrogen-bond acceptors (Lipinski definition) is 2. The van der Waals surface area contributed by atoms with Crippen LogP contribution in [0.3, 0.4) is 0 Å². The first-order valence-electron chi connectivity index (χ1n) is 8.39. The summed E-state index contributed by atoms with van der Waals surface area (Å²) in [6, 6.07) is 6.73. The molecule has 1 aliphatic heterocycles. The fourth-order valence-corrected chi connectivity index (χ4v) is 3.36. The van der Waals surface area contributed by atoms with E-state index >= 15 is 0 Å². The lowest BCUT2D eigenvalue weighted by Crippen LogP contribution is -2.46. The normalized spacial score (nSPS) is 26.3. The standard InChI is InChI=1S/C17H22F4N4.HI/c1-22-16(23-11-6-7-25(9-11)10-17(19,20)21)24-15-8-13(15)12-4-2-3-5-14(12)18;/h2-5,11,13,15H,6-10H2,1H3,(H2,22,23,24);1H. The van der Waals surface area contributed by atoms with Crippen LogP contribution in [0.1, 0.15) is 24.3 Å². The third-order valence-corrected chi connectivity index (χ3v) is 4.66. The third kappa shape index (κ3) is 5.70. The van der Waals surface area contributed by atoms with Gasteiger partial charge in [0.1, 0.15) is 5.82 Å². The van der Waals surface area contributed by atoms with Crippen LogP contribution in [-0.2, 0) is 0 Å². The van der Waals surface area contributed by atoms with Crippen LogP contribution >= 0.6 is 24.0 Å². The summed E-state index contributed by atoms with van der Waals surface area (Å²) in [5.74, 6) is 0.450. The zero-order valence-electron chi connectivity index (χ0n) is 14.4. The number of rotatable bonds is 4. The highest BCUT2D eigenvalue weighted by Gasteiger charge is 2.41. The van der Waals surface area contributed by atoms with E-state index < -0.39 is 12.7 Å². The van der Waals surface area contributed by atoms with Crippen molar-refractivity contribution in [3.63, 3.8) is 0 Å². The lowest BCUT2D eigenvalue weighted by atomic mass is 10.1. The van der Waals surface area contributed by atoms with Crippen molar-refractivity contribution >= 4 is 29.9 Å². The van der Waals surface area contributed by atoms with Crippen molar-refractivity contribution in [2.24, 2.45) is 4.99 Å². The largest absolute Gasteiger partial charge is 0.401 e. The number of hydrogen-bond donors (Lipinski definition) is 2. The molecule has 1 aromatic rings. The minimum atomic E-state index is -4.17. The highest BCUT2D eigenvalue weighted by atomic mass is 127. The smallest absolute Gasteiger partial charge is 0.353 e. The van der Waals surface area contributed by atoms with Gasteiger partial charge in [0.2, 0.25) is 0 Å². The quantitative estimate of drug-likeness (QED) is 0.298. The molecule has 2 N–H and O–H groups in total. The molecule has 1 heterocycles. The highest BCUT2D eigenvalue weighted by molar-refractivity contribution is 14.0. The Balaban J connectivity index is 0.00000243. The maximum Gasteiger partial charge on any atom is 0.401 e. The number of halogens is 5. The minimum absolute atomic E-state index is 0. The molecule has 2 fully saturated rings. The summed E-state index contributed by atoms with van der Waals surface area (Å²) in [5, 5.41) is 6.41. The molecule has 0 amide bonds. The Hall–Kier alpha value is -1.10. The first-order valence-corrected chi connectivity index (χ1v) is 8.39. The van der Waals surface area contributed by atoms with Crippen molar-refractivity contribution in [2.75, 3.05) is 26.7 Å². The molecule has 4 nitrogen and oxygen atoms in total. The first-order chi connectivity index (χ1) is 11.9. The van der Waals surface area contributed by atoms with Gasteiger partial charge in [0, 0.05) is 38.1 Å². The summed E-state index contributed by atoms with van der Waals surface area (Å²) in [5.41, 5.74) is 0.688. The fraction of sp³-hybridized carbons (Fsp3) is 0.588. The van der Waals surface area contributed by atoms with Gasteiger partial charge in [0.15, 0.2) is 5.96 Å². The van der Waals surface area contributed by atoms with E-state index in [1.54, 1.807) is 19.2 Å². The van der Waals surface area contributed by atoms with Crippen molar-refractivity contribution in [3.05, 3.63) is 35.6 Å². The molecule has 0 spiro atoms. The SMILES string of the molecule is CN=C(NC1CCN(CC(F)(F)F)C1)NC1CC1c1ccccc1F.I. The van der Waals surface area contributed by atoms with E-state index in [1.165, 1.54) is 11.0 Å². The number of alkyl halides is 3. The van der Waals surface area contributed by atoms with Crippen LogP contribution in [0.2, 0.25) is 0 Å². The molecule has 0 aromatic heterocycles. The van der Waals surface area contributed by atoms with Gasteiger partial charge in [-0.2, -0.15) is 13.2 Å². The molecule has 1 aliphatic carbocycles. The number of nitrogens with zero attached hydrogens (tertiary/aromatic N) is 2. The first kappa shape index (κ1) is 21.2. The summed E-state index contributed by atoms with van der Waals surface area (Å²) >= 11 is 0. The molecular formula is C17H23F4IN4. The Morgan fingerprint density at radius 1 is 1.27 bits per heavy atom. The van der Waals surface area contributed by atoms with Gasteiger partial charge in [-0.1, -0.05) is 18.2 Å². The molecule has 1 saturated carbocycles. The molecule has 0 radical (unpaired) electrons. The average molecular weight is 486 g/mol. The van der Waals surface area contributed by atoms with Gasteiger partial charge in [-0.05, 0) is 24.5 Å². The molecule has 1 saturated heterocycles. The van der Waals surface area contributed by atoms with Crippen molar-refractivity contribution in [1.29, 1.82) is 0 Å². The van der Waals surface area contributed by atoms with Crippen molar-refractivity contribution in [3.8, 4) is 0 Å². The molecule has 9 heteroatoms. The van der Waals surface area contributed by atoms with Crippen molar-refractivity contribution in [1.82, 2.24) is 15.5 Å². The van der Waals surface area contributed by atoms with Gasteiger partial charge >= 0.3 is 6.18 Å². The van der Waals surface area contributed by atoms with E-state index in [1.807, 2.05) is 6.07 Å². The van der Waals surface area contributed by atoms with Crippen LogP contribution in [0.5, 0.6) is 0 Å². The molecule has 26 heavy (non-hydrogen) atoms. The average Bonchev–Trinajstić information content (AvgIpc) is 3.16. The zero-order chi connectivity index (χ0) is 18.0. The predicted molar refractivity (Wildman–Crippen MR) is 103 cm³/mol. The van der Waals surface area contributed by atoms with Gasteiger partial charge in [0.25, 0.3) is 0 Å². The van der Waals surface area contributed by atoms with Crippen molar-refractivity contribution < 1.29 is 17.6 Å². The van der Waals surface area contributed by atoms with Crippen LogP contribution in [0.4, 0.5) is 17.6 Å². The van der Waals surface area contributed by atoms with E-state index in [0.717, 1.165) is 6.42 Å². The van der Waals surface area contributed by atoms with E-state index in [0.29, 0.717) is 31.0 Å². The van der Waals surface area contributed by atoms with Gasteiger partial charge in [-0.3, -0.25) is 9.89 Å². The van der Waals surface area contributed by atoms with Crippen LogP contribution in [-0.4, -0.2) is 55.8 Å². The third-order valence-electron chi connectivity index (χ3n) is 4.66. The Bertz CT molecular complexity index is 637. The second-order valence-electron chi connectivity index (χ2n) is 6.67. The Labute approximate surface area is 167 Å². The second-order valence-corrected chi connectivity index (χ2v) is 6.67. The van der Waals surface area contributed by atoms with Gasteiger partial charge in [0.05, 0.1) is 6.54 Å². The van der Waals surface area contributed by atoms with Gasteiger partial charge in [-0.15, -0.1) is 24.0 Å². The van der Waals surface area contributed by atoms with Gasteiger partial charge < -0.3 is 10.6 Å². The highest BCUT2D eigenvalue weighted by Crippen LogP contribution is 2.41. The van der Waals surface area contributed by atoms with E-state index in [-0.39, 0.29) is 47.8 Å². The molecule has 3 rings (SSSR count). The van der Waals surface area contributed by atoms with Crippen LogP contribution in [0, 0.1) is 5.82 Å². The molecule has 1 aromatic carbocycles. The zero-order valence-corrected chi connectivity index (χ0v) is 16.7. The summed E-state index contributed by atoms with van der Waals surface area (Å²) in [4.78, 5) is 5.53. The second kappa shape index (κ2) is 8.73. The van der Waals surface area contributed by atoms with E-state index in [9.17, 15) is 17.6 Å². The van der Waals surface area contributed by atoms with Crippen LogP contribution in [0.15, 0.2) is 29.3 Å². The summed E-state index contributed by atoms with van der Waals surface area (Å²) < 4.78 is 51.2. The molecule has 2 aliphatic rings. The van der Waals surface area contributed by atoms with Crippen molar-refractivity contribution in [2.45, 2.75) is 37.0 Å². The Kier molecular flexibility index (Phi) is 7.12. The number of aliphatic imine (C=N–C) groups is 1. The van der Waals surface area contributed by atoms with E-state index in [4.69, 9.17) is 0 Å². The summed E-state index contributed by atoms with van der Waals surface area (Å²) in [6.45, 7) is -0.133. The minimum Gasteiger partial charge on any atom is -0.353 e. The maximum absolute atomic E-state index is 13.8. The monoisotopic (exact) mass is 486 g/mol. The van der Waals surface area contributed by atoms with Crippen LogP contribution in [0.25, 0.3) is 0 Å². The molecular weight excluding hydrogens is 463 g/mol. The fourth-order valence-electron chi connectivity index (χ4n) is 3.36. The number of benzene rings is 1. The summed E-state index contributed by atoms with van der Waals surface area (Å²) in [7, 11) is 1.62.